The van der Waals surface area contributed by atoms with E-state index < -0.39 is 0 Å². The Bertz CT molecular complexity index is 1210. The molecule has 1 atom stereocenters. The van der Waals surface area contributed by atoms with Gasteiger partial charge < -0.3 is 10.3 Å². The van der Waals surface area contributed by atoms with E-state index in [9.17, 15) is 4.79 Å². The first-order valence-electron chi connectivity index (χ1n) is 11.3. The monoisotopic (exact) mass is 427 g/mol. The summed E-state index contributed by atoms with van der Waals surface area (Å²) >= 11 is 0. The van der Waals surface area contributed by atoms with Crippen LogP contribution in [0.3, 0.4) is 0 Å². The molecule has 1 aliphatic rings. The Morgan fingerprint density at radius 3 is 2.75 bits per heavy atom. The van der Waals surface area contributed by atoms with E-state index in [4.69, 9.17) is 0 Å². The average Bonchev–Trinajstić information content (AvgIpc) is 3.54. The fraction of sp³-hybridized carbons (Fsp3) is 0.308. The molecule has 0 aliphatic carbocycles. The third-order valence-corrected chi connectivity index (χ3v) is 6.23. The van der Waals surface area contributed by atoms with Gasteiger partial charge in [0.2, 0.25) is 0 Å². The predicted molar refractivity (Wildman–Crippen MR) is 127 cm³/mol. The molecule has 32 heavy (non-hydrogen) atoms. The second-order valence-corrected chi connectivity index (χ2v) is 8.97. The molecule has 6 heteroatoms. The highest BCUT2D eigenvalue weighted by molar-refractivity contribution is 5.98. The van der Waals surface area contributed by atoms with Gasteiger partial charge in [0.25, 0.3) is 5.91 Å². The largest absolute Gasteiger partial charge is 0.351 e. The van der Waals surface area contributed by atoms with Gasteiger partial charge >= 0.3 is 0 Å². The van der Waals surface area contributed by atoms with E-state index >= 15 is 0 Å². The molecule has 3 heterocycles. The second-order valence-electron chi connectivity index (χ2n) is 8.97. The minimum absolute atomic E-state index is 0.0564. The molecule has 1 saturated heterocycles. The Morgan fingerprint density at radius 2 is 2.00 bits per heavy atom. The van der Waals surface area contributed by atoms with Gasteiger partial charge in [0.1, 0.15) is 5.69 Å². The normalized spacial score (nSPS) is 16.8. The molecule has 1 amide bonds. The maximum Gasteiger partial charge on any atom is 0.267 e. The third kappa shape index (κ3) is 4.18. The standard InChI is InChI=1S/C26H29N5O/c1-17(2)29-26(32)24-12-20-9-10-21(13-23(20)30-24)25-4-3-11-31(25)16-18-5-7-19(8-6-18)22-14-27-28-15-22/h5-10,12-15,17,25,30H,3-4,11,16H2,1-2H3,(H,27,28)(H,29,32). The number of carbonyl (C=O) groups is 1. The van der Waals surface area contributed by atoms with Crippen molar-refractivity contribution in [1.82, 2.24) is 25.4 Å². The van der Waals surface area contributed by atoms with Gasteiger partial charge in [-0.2, -0.15) is 5.10 Å². The maximum absolute atomic E-state index is 12.4. The van der Waals surface area contributed by atoms with Crippen LogP contribution in [0.2, 0.25) is 0 Å². The van der Waals surface area contributed by atoms with Crippen LogP contribution in [0.4, 0.5) is 0 Å². The zero-order valence-corrected chi connectivity index (χ0v) is 18.6. The number of likely N-dealkylation sites (tertiary alicyclic amines) is 1. The number of nitrogens with zero attached hydrogens (tertiary/aromatic N) is 2. The Morgan fingerprint density at radius 1 is 1.16 bits per heavy atom. The fourth-order valence-electron chi connectivity index (χ4n) is 4.65. The summed E-state index contributed by atoms with van der Waals surface area (Å²) in [5.41, 5.74) is 6.55. The van der Waals surface area contributed by atoms with E-state index in [-0.39, 0.29) is 11.9 Å². The molecule has 2 aromatic heterocycles. The molecule has 164 valence electrons. The van der Waals surface area contributed by atoms with Crippen LogP contribution < -0.4 is 5.32 Å². The number of rotatable bonds is 6. The number of hydrogen-bond acceptors (Lipinski definition) is 3. The van der Waals surface area contributed by atoms with Crippen molar-refractivity contribution in [2.75, 3.05) is 6.54 Å². The molecule has 2 aromatic carbocycles. The van der Waals surface area contributed by atoms with E-state index in [1.54, 1.807) is 0 Å². The SMILES string of the molecule is CC(C)NC(=O)c1cc2ccc(C3CCCN3Cc3ccc(-c4cn[nH]c4)cc3)cc2[nH]1. The minimum Gasteiger partial charge on any atom is -0.351 e. The predicted octanol–water partition coefficient (Wildman–Crippen LogP) is 5.03. The number of H-pyrrole nitrogens is 2. The molecule has 5 rings (SSSR count). The van der Waals surface area contributed by atoms with E-state index in [0.29, 0.717) is 11.7 Å². The molecule has 1 unspecified atom stereocenters. The lowest BCUT2D eigenvalue weighted by Crippen LogP contribution is -2.30. The summed E-state index contributed by atoms with van der Waals surface area (Å²) in [6.07, 6.45) is 6.11. The molecule has 4 aromatic rings. The molecular formula is C26H29N5O. The van der Waals surface area contributed by atoms with Crippen molar-refractivity contribution in [1.29, 1.82) is 0 Å². The van der Waals surface area contributed by atoms with E-state index in [1.807, 2.05) is 32.3 Å². The molecule has 6 nitrogen and oxygen atoms in total. The van der Waals surface area contributed by atoms with Gasteiger partial charge in [0.05, 0.1) is 6.20 Å². The number of aromatic amines is 2. The first-order valence-corrected chi connectivity index (χ1v) is 11.3. The number of hydrogen-bond donors (Lipinski definition) is 3. The lowest BCUT2D eigenvalue weighted by atomic mass is 10.0. The topological polar surface area (TPSA) is 76.8 Å². The smallest absolute Gasteiger partial charge is 0.267 e. The maximum atomic E-state index is 12.4. The van der Waals surface area contributed by atoms with Gasteiger partial charge in [-0.15, -0.1) is 0 Å². The number of nitrogens with one attached hydrogen (secondary N) is 3. The van der Waals surface area contributed by atoms with Crippen molar-refractivity contribution >= 4 is 16.8 Å². The van der Waals surface area contributed by atoms with Crippen LogP contribution in [0, 0.1) is 0 Å². The van der Waals surface area contributed by atoms with Gasteiger partial charge in [-0.25, -0.2) is 0 Å². The molecular weight excluding hydrogens is 398 g/mol. The Kier molecular flexibility index (Phi) is 5.53. The van der Waals surface area contributed by atoms with Crippen LogP contribution in [-0.4, -0.2) is 38.6 Å². The van der Waals surface area contributed by atoms with E-state index in [2.05, 4.69) is 67.9 Å². The van der Waals surface area contributed by atoms with Crippen molar-refractivity contribution in [3.05, 3.63) is 77.7 Å². The molecule has 0 saturated carbocycles. The van der Waals surface area contributed by atoms with Gasteiger partial charge in [-0.1, -0.05) is 36.4 Å². The Balaban J connectivity index is 1.33. The summed E-state index contributed by atoms with van der Waals surface area (Å²) < 4.78 is 0. The van der Waals surface area contributed by atoms with Gasteiger partial charge in [0.15, 0.2) is 0 Å². The Labute approximate surface area is 188 Å². The summed E-state index contributed by atoms with van der Waals surface area (Å²) in [5.74, 6) is -0.0564. The molecule has 3 N–H and O–H groups in total. The van der Waals surface area contributed by atoms with E-state index in [1.165, 1.54) is 23.1 Å². The molecule has 0 spiro atoms. The number of carbonyl (C=O) groups excluding carboxylic acids is 1. The summed E-state index contributed by atoms with van der Waals surface area (Å²) in [7, 11) is 0. The molecule has 1 fully saturated rings. The lowest BCUT2D eigenvalue weighted by molar-refractivity contribution is 0.0939. The average molecular weight is 428 g/mol. The highest BCUT2D eigenvalue weighted by Crippen LogP contribution is 2.35. The van der Waals surface area contributed by atoms with Crippen LogP contribution in [0.15, 0.2) is 60.9 Å². The van der Waals surface area contributed by atoms with Crippen molar-refractivity contribution in [2.45, 2.75) is 45.3 Å². The quantitative estimate of drug-likeness (QED) is 0.404. The third-order valence-electron chi connectivity index (χ3n) is 6.23. The number of benzene rings is 2. The highest BCUT2D eigenvalue weighted by atomic mass is 16.1. The van der Waals surface area contributed by atoms with Gasteiger partial charge in [0, 0.05) is 41.3 Å². The highest BCUT2D eigenvalue weighted by Gasteiger charge is 2.26. The van der Waals surface area contributed by atoms with Gasteiger partial charge in [-0.05, 0) is 62.1 Å². The van der Waals surface area contributed by atoms with Gasteiger partial charge in [-0.3, -0.25) is 14.8 Å². The van der Waals surface area contributed by atoms with E-state index in [0.717, 1.165) is 36.0 Å². The van der Waals surface area contributed by atoms with Crippen LogP contribution in [0.25, 0.3) is 22.0 Å². The minimum atomic E-state index is -0.0564. The number of aromatic nitrogens is 3. The Hall–Kier alpha value is -3.38. The molecule has 1 aliphatic heterocycles. The van der Waals surface area contributed by atoms with Crippen LogP contribution in [0.5, 0.6) is 0 Å². The first-order chi connectivity index (χ1) is 15.6. The summed E-state index contributed by atoms with van der Waals surface area (Å²) in [5, 5.41) is 10.9. The van der Waals surface area contributed by atoms with Crippen molar-refractivity contribution in [2.24, 2.45) is 0 Å². The van der Waals surface area contributed by atoms with Crippen molar-refractivity contribution < 1.29 is 4.79 Å². The van der Waals surface area contributed by atoms with Crippen molar-refractivity contribution in [3.8, 4) is 11.1 Å². The zero-order chi connectivity index (χ0) is 22.1. The van der Waals surface area contributed by atoms with Crippen LogP contribution >= 0.6 is 0 Å². The first kappa shape index (κ1) is 20.5. The molecule has 0 bridgehead atoms. The fourth-order valence-corrected chi connectivity index (χ4v) is 4.65. The molecule has 0 radical (unpaired) electrons. The van der Waals surface area contributed by atoms with Crippen LogP contribution in [-0.2, 0) is 6.54 Å². The van der Waals surface area contributed by atoms with Crippen LogP contribution in [0.1, 0.15) is 54.3 Å². The summed E-state index contributed by atoms with van der Waals surface area (Å²) in [6.45, 7) is 5.97. The summed E-state index contributed by atoms with van der Waals surface area (Å²) in [6, 6.07) is 17.8. The number of amides is 1. The van der Waals surface area contributed by atoms with Crippen molar-refractivity contribution in [3.63, 3.8) is 0 Å². The number of fused-ring (bicyclic) bond motifs is 1. The second kappa shape index (κ2) is 8.63. The zero-order valence-electron chi connectivity index (χ0n) is 18.6. The summed E-state index contributed by atoms with van der Waals surface area (Å²) in [4.78, 5) is 18.2. The lowest BCUT2D eigenvalue weighted by Gasteiger charge is -2.25.